The third kappa shape index (κ3) is 3.91. The number of nitrogens with zero attached hydrogens (tertiary/aromatic N) is 1. The SMILES string of the molecule is Nc1cc(Cl)c(Sc2nc3cc(C(F)(F)F)ccc3s2)c(CC=O)c1. The van der Waals surface area contributed by atoms with E-state index in [-0.39, 0.29) is 11.9 Å². The lowest BCUT2D eigenvalue weighted by Crippen LogP contribution is -2.03. The number of carbonyl (C=O) groups is 1. The Morgan fingerprint density at radius 3 is 2.72 bits per heavy atom. The fourth-order valence-electron chi connectivity index (χ4n) is 2.24. The highest BCUT2D eigenvalue weighted by atomic mass is 35.5. The molecule has 9 heteroatoms. The lowest BCUT2D eigenvalue weighted by Gasteiger charge is -2.09. The molecule has 0 spiro atoms. The minimum absolute atomic E-state index is 0.135. The number of fused-ring (bicyclic) bond motifs is 1. The molecule has 1 aromatic heterocycles. The highest BCUT2D eigenvalue weighted by molar-refractivity contribution is 8.01. The molecule has 0 radical (unpaired) electrons. The largest absolute Gasteiger partial charge is 0.416 e. The predicted octanol–water partition coefficient (Wildman–Crippen LogP) is 5.44. The highest BCUT2D eigenvalue weighted by Crippen LogP contribution is 2.41. The Kier molecular flexibility index (Phi) is 4.95. The second kappa shape index (κ2) is 6.86. The zero-order valence-electron chi connectivity index (χ0n) is 12.4. The summed E-state index contributed by atoms with van der Waals surface area (Å²) in [6.45, 7) is 0. The molecule has 2 aromatic carbocycles. The van der Waals surface area contributed by atoms with Crippen molar-refractivity contribution in [1.82, 2.24) is 4.98 Å². The predicted molar refractivity (Wildman–Crippen MR) is 94.4 cm³/mol. The van der Waals surface area contributed by atoms with E-state index in [0.717, 1.165) is 18.4 Å². The van der Waals surface area contributed by atoms with E-state index < -0.39 is 11.7 Å². The minimum Gasteiger partial charge on any atom is -0.399 e. The van der Waals surface area contributed by atoms with Crippen LogP contribution in [0.4, 0.5) is 18.9 Å². The zero-order chi connectivity index (χ0) is 18.2. The molecular weight excluding hydrogens is 393 g/mol. The minimum atomic E-state index is -4.41. The highest BCUT2D eigenvalue weighted by Gasteiger charge is 2.30. The summed E-state index contributed by atoms with van der Waals surface area (Å²) in [6.07, 6.45) is -3.54. The van der Waals surface area contributed by atoms with Gasteiger partial charge in [0.2, 0.25) is 0 Å². The van der Waals surface area contributed by atoms with Gasteiger partial charge in [0.15, 0.2) is 4.34 Å². The van der Waals surface area contributed by atoms with Gasteiger partial charge in [0.1, 0.15) is 6.29 Å². The normalized spacial score (nSPS) is 11.8. The van der Waals surface area contributed by atoms with Gasteiger partial charge in [-0.3, -0.25) is 0 Å². The second-order valence-electron chi connectivity index (χ2n) is 5.12. The third-order valence-electron chi connectivity index (χ3n) is 3.33. The van der Waals surface area contributed by atoms with Crippen LogP contribution in [0.1, 0.15) is 11.1 Å². The van der Waals surface area contributed by atoms with Crippen molar-refractivity contribution < 1.29 is 18.0 Å². The number of rotatable bonds is 4. The van der Waals surface area contributed by atoms with Crippen LogP contribution in [-0.2, 0) is 17.4 Å². The number of thiazole rings is 1. The fourth-order valence-corrected chi connectivity index (χ4v) is 4.72. The first kappa shape index (κ1) is 18.0. The fraction of sp³-hybridized carbons (Fsp3) is 0.125. The average molecular weight is 403 g/mol. The van der Waals surface area contributed by atoms with Crippen LogP contribution in [0.15, 0.2) is 39.6 Å². The van der Waals surface area contributed by atoms with Crippen molar-refractivity contribution in [3.05, 3.63) is 46.5 Å². The molecule has 0 unspecified atom stereocenters. The number of benzene rings is 2. The molecule has 0 fully saturated rings. The Labute approximate surface area is 154 Å². The van der Waals surface area contributed by atoms with Crippen LogP contribution in [0.25, 0.3) is 10.2 Å². The molecule has 0 saturated heterocycles. The number of aromatic nitrogens is 1. The lowest BCUT2D eigenvalue weighted by atomic mass is 10.1. The Balaban J connectivity index is 2.00. The molecule has 0 amide bonds. The molecule has 25 heavy (non-hydrogen) atoms. The van der Waals surface area contributed by atoms with E-state index in [1.807, 2.05) is 0 Å². The van der Waals surface area contributed by atoms with E-state index in [1.54, 1.807) is 12.1 Å². The van der Waals surface area contributed by atoms with E-state index in [4.69, 9.17) is 17.3 Å². The molecule has 2 N–H and O–H groups in total. The van der Waals surface area contributed by atoms with Gasteiger partial charge in [0.25, 0.3) is 0 Å². The van der Waals surface area contributed by atoms with Gasteiger partial charge in [0.05, 0.1) is 20.8 Å². The van der Waals surface area contributed by atoms with Crippen molar-refractivity contribution in [2.24, 2.45) is 0 Å². The molecule has 0 atom stereocenters. The number of anilines is 1. The summed E-state index contributed by atoms with van der Waals surface area (Å²) in [7, 11) is 0. The average Bonchev–Trinajstić information content (AvgIpc) is 2.91. The lowest BCUT2D eigenvalue weighted by molar-refractivity contribution is -0.137. The molecular formula is C16H10ClF3N2OS2. The Morgan fingerprint density at radius 2 is 2.04 bits per heavy atom. The Hall–Kier alpha value is -1.77. The van der Waals surface area contributed by atoms with Crippen molar-refractivity contribution in [3.8, 4) is 0 Å². The number of carbonyl (C=O) groups excluding carboxylic acids is 1. The van der Waals surface area contributed by atoms with Crippen LogP contribution in [-0.4, -0.2) is 11.3 Å². The molecule has 0 saturated carbocycles. The van der Waals surface area contributed by atoms with Crippen LogP contribution in [0.3, 0.4) is 0 Å². The quantitative estimate of drug-likeness (QED) is 0.466. The summed E-state index contributed by atoms with van der Waals surface area (Å²) < 4.78 is 39.6. The van der Waals surface area contributed by atoms with Gasteiger partial charge in [-0.15, -0.1) is 11.3 Å². The first-order valence-corrected chi connectivity index (χ1v) is 8.96. The molecule has 0 bridgehead atoms. The topological polar surface area (TPSA) is 56.0 Å². The molecule has 3 aromatic rings. The number of nitrogens with two attached hydrogens (primary N) is 1. The monoisotopic (exact) mass is 402 g/mol. The van der Waals surface area contributed by atoms with E-state index in [0.29, 0.717) is 30.2 Å². The van der Waals surface area contributed by atoms with Crippen LogP contribution in [0.2, 0.25) is 5.02 Å². The zero-order valence-corrected chi connectivity index (χ0v) is 14.8. The standard InChI is InChI=1S/C16H10ClF3N2OS2/c17-11-7-10(21)5-8(3-4-23)14(11)25-15-22-12-6-9(16(18,19)20)1-2-13(12)24-15/h1-2,4-7H,3,21H2. The number of hydrogen-bond donors (Lipinski definition) is 1. The first-order valence-electron chi connectivity index (χ1n) is 6.95. The van der Waals surface area contributed by atoms with E-state index >= 15 is 0 Å². The van der Waals surface area contributed by atoms with Crippen LogP contribution < -0.4 is 5.73 Å². The Morgan fingerprint density at radius 1 is 1.28 bits per heavy atom. The van der Waals surface area contributed by atoms with Gasteiger partial charge in [0, 0.05) is 17.0 Å². The van der Waals surface area contributed by atoms with E-state index in [9.17, 15) is 18.0 Å². The first-order chi connectivity index (χ1) is 11.8. The van der Waals surface area contributed by atoms with Crippen LogP contribution >= 0.6 is 34.7 Å². The summed E-state index contributed by atoms with van der Waals surface area (Å²) >= 11 is 8.68. The summed E-state index contributed by atoms with van der Waals surface area (Å²) in [5.41, 5.74) is 6.36. The van der Waals surface area contributed by atoms with Crippen molar-refractivity contribution in [2.45, 2.75) is 21.8 Å². The van der Waals surface area contributed by atoms with Gasteiger partial charge in [-0.05, 0) is 35.9 Å². The van der Waals surface area contributed by atoms with Crippen molar-refractivity contribution in [3.63, 3.8) is 0 Å². The van der Waals surface area contributed by atoms with Gasteiger partial charge in [-0.25, -0.2) is 4.98 Å². The summed E-state index contributed by atoms with van der Waals surface area (Å²) in [5.74, 6) is 0. The van der Waals surface area contributed by atoms with Gasteiger partial charge in [-0.1, -0.05) is 23.4 Å². The van der Waals surface area contributed by atoms with Crippen molar-refractivity contribution in [1.29, 1.82) is 0 Å². The van der Waals surface area contributed by atoms with Gasteiger partial charge < -0.3 is 10.5 Å². The molecule has 0 aliphatic heterocycles. The molecule has 130 valence electrons. The molecule has 0 aliphatic carbocycles. The third-order valence-corrected chi connectivity index (χ3v) is 6.02. The maximum absolute atomic E-state index is 12.8. The smallest absolute Gasteiger partial charge is 0.399 e. The summed E-state index contributed by atoms with van der Waals surface area (Å²) in [4.78, 5) is 15.7. The molecule has 1 heterocycles. The number of nitrogen functional groups attached to an aromatic ring is 1. The second-order valence-corrected chi connectivity index (χ2v) is 7.82. The summed E-state index contributed by atoms with van der Waals surface area (Å²) in [5, 5.41) is 0.372. The van der Waals surface area contributed by atoms with E-state index in [1.165, 1.54) is 29.2 Å². The molecule has 3 rings (SSSR count). The summed E-state index contributed by atoms with van der Waals surface area (Å²) in [6, 6.07) is 6.66. The van der Waals surface area contributed by atoms with Gasteiger partial charge >= 0.3 is 6.18 Å². The number of aldehydes is 1. The number of alkyl halides is 3. The van der Waals surface area contributed by atoms with Crippen molar-refractivity contribution in [2.75, 3.05) is 5.73 Å². The number of hydrogen-bond acceptors (Lipinski definition) is 5. The molecule has 0 aliphatic rings. The van der Waals surface area contributed by atoms with Gasteiger partial charge in [-0.2, -0.15) is 13.2 Å². The maximum atomic E-state index is 12.8. The Bertz CT molecular complexity index is 956. The van der Waals surface area contributed by atoms with E-state index in [2.05, 4.69) is 4.98 Å². The molecule has 3 nitrogen and oxygen atoms in total. The van der Waals surface area contributed by atoms with Crippen LogP contribution in [0.5, 0.6) is 0 Å². The van der Waals surface area contributed by atoms with Crippen molar-refractivity contribution >= 4 is 56.9 Å². The number of halogens is 4. The van der Waals surface area contributed by atoms with Crippen LogP contribution in [0, 0.1) is 0 Å². The maximum Gasteiger partial charge on any atom is 0.416 e.